The molecule has 0 spiro atoms. The van der Waals surface area contributed by atoms with Gasteiger partial charge in [-0.2, -0.15) is 0 Å². The van der Waals surface area contributed by atoms with Gasteiger partial charge in [-0.1, -0.05) is 18.2 Å². The van der Waals surface area contributed by atoms with Gasteiger partial charge in [0.15, 0.2) is 23.9 Å². The number of carbonyl (C=O) groups is 3. The van der Waals surface area contributed by atoms with E-state index in [0.717, 1.165) is 0 Å². The van der Waals surface area contributed by atoms with Crippen molar-refractivity contribution in [1.29, 1.82) is 0 Å². The smallest absolute Gasteiger partial charge is 0.318 e. The summed E-state index contributed by atoms with van der Waals surface area (Å²) in [6, 6.07) is 10.2. The minimum absolute atomic E-state index is 0.0159. The van der Waals surface area contributed by atoms with Crippen molar-refractivity contribution in [3.63, 3.8) is 0 Å². The first-order valence-electron chi connectivity index (χ1n) is 8.94. The molecule has 1 fully saturated rings. The van der Waals surface area contributed by atoms with Crippen LogP contribution in [0, 0.1) is 5.92 Å². The molecule has 0 aromatic heterocycles. The molecule has 0 N–H and O–H groups in total. The molecule has 0 radical (unpaired) electrons. The van der Waals surface area contributed by atoms with Gasteiger partial charge in [0, 0.05) is 30.0 Å². The molecule has 2 aromatic rings. The third kappa shape index (κ3) is 3.37. The number of carbonyl (C=O) groups excluding carboxylic acids is 3. The molecule has 150 valence electrons. The lowest BCUT2D eigenvalue weighted by atomic mass is 9.78. The maximum Gasteiger partial charge on any atom is 0.318 e. The lowest BCUT2D eigenvalue weighted by Crippen LogP contribution is -2.26. The van der Waals surface area contributed by atoms with Gasteiger partial charge in [-0.15, -0.1) is 0 Å². The molecule has 0 amide bonds. The van der Waals surface area contributed by atoms with E-state index in [9.17, 15) is 14.4 Å². The molecular formula is C21H18O8. The van der Waals surface area contributed by atoms with Gasteiger partial charge >= 0.3 is 11.9 Å². The summed E-state index contributed by atoms with van der Waals surface area (Å²) in [7, 11) is 1.50. The summed E-state index contributed by atoms with van der Waals surface area (Å²) in [6.07, 6.45) is 0. The second-order valence-corrected chi connectivity index (χ2v) is 6.61. The second-order valence-electron chi connectivity index (χ2n) is 6.61. The number of methoxy groups -OCH3 is 1. The van der Waals surface area contributed by atoms with Gasteiger partial charge in [-0.25, -0.2) is 0 Å². The minimum Gasteiger partial charge on any atom is -0.496 e. The highest BCUT2D eigenvalue weighted by atomic mass is 16.7. The van der Waals surface area contributed by atoms with Gasteiger partial charge in [-0.05, 0) is 12.1 Å². The standard InChI is InChI=1S/C21H18O8/c1-11(22)29-16-8-18-17(27-10-28-18)7-13(16)19(20-14(23)9-26-21(20)24)12-5-3-4-6-15(12)25-2/h3-8,19-20H,9-10H2,1-2H3/t19-,20-/m0/s1. The highest BCUT2D eigenvalue weighted by Crippen LogP contribution is 2.48. The molecule has 8 heteroatoms. The molecule has 1 saturated heterocycles. The summed E-state index contributed by atoms with van der Waals surface area (Å²) >= 11 is 0. The summed E-state index contributed by atoms with van der Waals surface area (Å²) in [5, 5.41) is 0. The average Bonchev–Trinajstić information content (AvgIpc) is 3.29. The van der Waals surface area contributed by atoms with Gasteiger partial charge in [0.1, 0.15) is 17.4 Å². The van der Waals surface area contributed by atoms with Crippen LogP contribution < -0.4 is 18.9 Å². The van der Waals surface area contributed by atoms with E-state index < -0.39 is 23.8 Å². The van der Waals surface area contributed by atoms with Crippen LogP contribution in [0.25, 0.3) is 0 Å². The van der Waals surface area contributed by atoms with Crippen molar-refractivity contribution >= 4 is 17.7 Å². The zero-order valence-electron chi connectivity index (χ0n) is 15.8. The third-order valence-corrected chi connectivity index (χ3v) is 4.86. The first kappa shape index (κ1) is 18.8. The van der Waals surface area contributed by atoms with E-state index in [2.05, 4.69) is 0 Å². The fraction of sp³-hybridized carbons (Fsp3) is 0.286. The Morgan fingerprint density at radius 2 is 1.76 bits per heavy atom. The quantitative estimate of drug-likeness (QED) is 0.430. The minimum atomic E-state index is -1.11. The lowest BCUT2D eigenvalue weighted by molar-refractivity contribution is -0.141. The number of para-hydroxylation sites is 1. The Morgan fingerprint density at radius 1 is 1.03 bits per heavy atom. The van der Waals surface area contributed by atoms with E-state index in [1.165, 1.54) is 20.1 Å². The van der Waals surface area contributed by atoms with Crippen LogP contribution in [0.4, 0.5) is 0 Å². The van der Waals surface area contributed by atoms with Crippen LogP contribution in [0.15, 0.2) is 36.4 Å². The predicted molar refractivity (Wildman–Crippen MR) is 98.2 cm³/mol. The zero-order valence-corrected chi connectivity index (χ0v) is 15.8. The number of rotatable bonds is 5. The SMILES string of the molecule is COc1ccccc1[C@@H](c1cc2c(cc1OC(C)=O)OCO2)[C@@H]1C(=O)COC1=O. The molecule has 0 unspecified atom stereocenters. The van der Waals surface area contributed by atoms with Crippen molar-refractivity contribution in [2.45, 2.75) is 12.8 Å². The van der Waals surface area contributed by atoms with Crippen molar-refractivity contribution in [2.24, 2.45) is 5.92 Å². The highest BCUT2D eigenvalue weighted by molar-refractivity contribution is 6.06. The topological polar surface area (TPSA) is 97.4 Å². The normalized spacial score (nSPS) is 18.3. The Morgan fingerprint density at radius 3 is 2.41 bits per heavy atom. The van der Waals surface area contributed by atoms with Crippen LogP contribution in [0.1, 0.15) is 24.0 Å². The largest absolute Gasteiger partial charge is 0.496 e. The summed E-state index contributed by atoms with van der Waals surface area (Å²) in [4.78, 5) is 36.8. The lowest BCUT2D eigenvalue weighted by Gasteiger charge is -2.25. The van der Waals surface area contributed by atoms with Crippen LogP contribution in [-0.2, 0) is 19.1 Å². The molecule has 2 atom stereocenters. The van der Waals surface area contributed by atoms with Gasteiger partial charge in [0.2, 0.25) is 6.79 Å². The summed E-state index contributed by atoms with van der Waals surface area (Å²) in [5.41, 5.74) is 1.01. The maximum absolute atomic E-state index is 12.6. The second kappa shape index (κ2) is 7.46. The van der Waals surface area contributed by atoms with Crippen molar-refractivity contribution < 1.29 is 38.1 Å². The number of esters is 2. The zero-order chi connectivity index (χ0) is 20.5. The van der Waals surface area contributed by atoms with E-state index in [1.807, 2.05) is 0 Å². The maximum atomic E-state index is 12.6. The number of hydrogen-bond acceptors (Lipinski definition) is 8. The third-order valence-electron chi connectivity index (χ3n) is 4.86. The van der Waals surface area contributed by atoms with Crippen LogP contribution in [0.5, 0.6) is 23.0 Å². The molecule has 2 aromatic carbocycles. The molecule has 2 aliphatic rings. The van der Waals surface area contributed by atoms with Crippen LogP contribution in [0.2, 0.25) is 0 Å². The Labute approximate surface area is 166 Å². The molecule has 4 rings (SSSR count). The van der Waals surface area contributed by atoms with E-state index in [4.69, 9.17) is 23.7 Å². The van der Waals surface area contributed by atoms with E-state index >= 15 is 0 Å². The summed E-state index contributed by atoms with van der Waals surface area (Å²) in [6.45, 7) is 0.978. The molecule has 2 heterocycles. The Balaban J connectivity index is 1.95. The summed E-state index contributed by atoms with van der Waals surface area (Å²) in [5.74, 6) is -1.99. The van der Waals surface area contributed by atoms with Gasteiger partial charge in [0.05, 0.1) is 7.11 Å². The van der Waals surface area contributed by atoms with Crippen molar-refractivity contribution in [3.05, 3.63) is 47.5 Å². The molecule has 0 bridgehead atoms. The number of Topliss-reactive ketones (excluding diaryl/α,β-unsaturated/α-hetero) is 1. The Hall–Kier alpha value is -3.55. The van der Waals surface area contributed by atoms with Gasteiger partial charge < -0.3 is 23.7 Å². The van der Waals surface area contributed by atoms with Crippen LogP contribution in [0.3, 0.4) is 0 Å². The van der Waals surface area contributed by atoms with Gasteiger partial charge in [0.25, 0.3) is 0 Å². The number of ether oxygens (including phenoxy) is 5. The molecule has 29 heavy (non-hydrogen) atoms. The average molecular weight is 398 g/mol. The van der Waals surface area contributed by atoms with E-state index in [0.29, 0.717) is 28.4 Å². The Kier molecular flexibility index (Phi) is 4.84. The van der Waals surface area contributed by atoms with Crippen molar-refractivity contribution in [2.75, 3.05) is 20.5 Å². The number of ketones is 1. The number of cyclic esters (lactones) is 1. The van der Waals surface area contributed by atoms with E-state index in [-0.39, 0.29) is 24.9 Å². The summed E-state index contributed by atoms with van der Waals surface area (Å²) < 4.78 is 26.7. The highest BCUT2D eigenvalue weighted by Gasteiger charge is 2.45. The molecule has 0 aliphatic carbocycles. The van der Waals surface area contributed by atoms with Crippen molar-refractivity contribution in [3.8, 4) is 23.0 Å². The molecule has 8 nitrogen and oxygen atoms in total. The van der Waals surface area contributed by atoms with Crippen molar-refractivity contribution in [1.82, 2.24) is 0 Å². The van der Waals surface area contributed by atoms with Crippen LogP contribution >= 0.6 is 0 Å². The fourth-order valence-corrected chi connectivity index (χ4v) is 3.65. The number of fused-ring (bicyclic) bond motifs is 1. The predicted octanol–water partition coefficient (Wildman–Crippen LogP) is 2.22. The van der Waals surface area contributed by atoms with Crippen LogP contribution in [-0.4, -0.2) is 38.2 Å². The monoisotopic (exact) mass is 398 g/mol. The van der Waals surface area contributed by atoms with Gasteiger partial charge in [-0.3, -0.25) is 14.4 Å². The molecule has 2 aliphatic heterocycles. The number of benzene rings is 2. The Bertz CT molecular complexity index is 980. The molecular weight excluding hydrogens is 380 g/mol. The van der Waals surface area contributed by atoms with E-state index in [1.54, 1.807) is 30.3 Å². The number of hydrogen-bond donors (Lipinski definition) is 0. The first-order valence-corrected chi connectivity index (χ1v) is 8.94. The first-order chi connectivity index (χ1) is 14.0. The fourth-order valence-electron chi connectivity index (χ4n) is 3.65. The molecule has 0 saturated carbocycles.